The van der Waals surface area contributed by atoms with Crippen LogP contribution >= 0.6 is 0 Å². The molecule has 5 heteroatoms. The summed E-state index contributed by atoms with van der Waals surface area (Å²) in [5.74, 6) is -0.971. The van der Waals surface area contributed by atoms with E-state index in [1.165, 1.54) is 12.1 Å². The first-order chi connectivity index (χ1) is 6.70. The lowest BCUT2D eigenvalue weighted by Gasteiger charge is -1.90. The highest BCUT2D eigenvalue weighted by Gasteiger charge is 2.08. The van der Waals surface area contributed by atoms with E-state index in [0.29, 0.717) is 17.1 Å². The number of aromatic nitrogens is 1. The van der Waals surface area contributed by atoms with Crippen molar-refractivity contribution in [2.24, 2.45) is 0 Å². The molecule has 1 aromatic heterocycles. The Morgan fingerprint density at radius 2 is 2.36 bits per heavy atom. The molecule has 0 aliphatic heterocycles. The van der Waals surface area contributed by atoms with Crippen molar-refractivity contribution in [3.63, 3.8) is 0 Å². The standard InChI is InChI=1S/C9H8N2O3/c1-10-9-11-6-4-5(8(12)13)2-3-7(6)14-9/h2-4H,1H3,(H,10,11)(H,12,13). The number of anilines is 1. The second kappa shape index (κ2) is 3.02. The van der Waals surface area contributed by atoms with Gasteiger partial charge in [-0.1, -0.05) is 0 Å². The number of aromatic carboxylic acids is 1. The third-order valence-corrected chi connectivity index (χ3v) is 1.85. The van der Waals surface area contributed by atoms with E-state index in [4.69, 9.17) is 9.52 Å². The maximum absolute atomic E-state index is 10.6. The Hall–Kier alpha value is -2.04. The molecule has 0 atom stereocenters. The Kier molecular flexibility index (Phi) is 1.85. The molecule has 2 rings (SSSR count). The van der Waals surface area contributed by atoms with Crippen molar-refractivity contribution in [3.8, 4) is 0 Å². The van der Waals surface area contributed by atoms with Crippen LogP contribution in [0.25, 0.3) is 11.1 Å². The summed E-state index contributed by atoms with van der Waals surface area (Å²) in [7, 11) is 1.68. The molecule has 0 aliphatic carbocycles. The number of carboxylic acids is 1. The zero-order valence-electron chi connectivity index (χ0n) is 7.44. The third-order valence-electron chi connectivity index (χ3n) is 1.85. The number of carboxylic acid groups (broad SMARTS) is 1. The summed E-state index contributed by atoms with van der Waals surface area (Å²) in [6.07, 6.45) is 0. The first-order valence-electron chi connectivity index (χ1n) is 4.02. The Morgan fingerprint density at radius 1 is 1.57 bits per heavy atom. The first kappa shape index (κ1) is 8.55. The average molecular weight is 192 g/mol. The Labute approximate surface area is 79.4 Å². The molecule has 72 valence electrons. The van der Waals surface area contributed by atoms with Crippen molar-refractivity contribution in [3.05, 3.63) is 23.8 Å². The molecule has 2 N–H and O–H groups in total. The number of hydrogen-bond acceptors (Lipinski definition) is 4. The van der Waals surface area contributed by atoms with Crippen LogP contribution in [0.3, 0.4) is 0 Å². The van der Waals surface area contributed by atoms with E-state index in [-0.39, 0.29) is 5.56 Å². The van der Waals surface area contributed by atoms with Gasteiger partial charge in [0.05, 0.1) is 5.56 Å². The summed E-state index contributed by atoms with van der Waals surface area (Å²) in [5, 5.41) is 11.5. The average Bonchev–Trinajstić information content (AvgIpc) is 2.58. The lowest BCUT2D eigenvalue weighted by Crippen LogP contribution is -1.94. The zero-order chi connectivity index (χ0) is 10.1. The van der Waals surface area contributed by atoms with E-state index in [9.17, 15) is 4.79 Å². The van der Waals surface area contributed by atoms with Gasteiger partial charge >= 0.3 is 5.97 Å². The second-order valence-electron chi connectivity index (χ2n) is 2.76. The number of carbonyl (C=O) groups is 1. The molecule has 0 fully saturated rings. The van der Waals surface area contributed by atoms with Gasteiger partial charge in [0.25, 0.3) is 6.01 Å². The van der Waals surface area contributed by atoms with Gasteiger partial charge < -0.3 is 14.8 Å². The van der Waals surface area contributed by atoms with Crippen LogP contribution in [0.15, 0.2) is 22.6 Å². The third kappa shape index (κ3) is 1.28. The number of rotatable bonds is 2. The molecule has 0 saturated carbocycles. The number of benzene rings is 1. The molecule has 0 saturated heterocycles. The quantitative estimate of drug-likeness (QED) is 0.755. The minimum atomic E-state index is -0.971. The molecular weight excluding hydrogens is 184 g/mol. The zero-order valence-corrected chi connectivity index (χ0v) is 7.44. The Balaban J connectivity index is 2.59. The molecule has 0 amide bonds. The minimum Gasteiger partial charge on any atom is -0.478 e. The molecule has 5 nitrogen and oxygen atoms in total. The van der Waals surface area contributed by atoms with E-state index in [1.54, 1.807) is 13.1 Å². The molecule has 0 unspecified atom stereocenters. The molecule has 0 bridgehead atoms. The van der Waals surface area contributed by atoms with Crippen molar-refractivity contribution >= 4 is 23.1 Å². The van der Waals surface area contributed by atoms with Gasteiger partial charge in [0, 0.05) is 7.05 Å². The van der Waals surface area contributed by atoms with Crippen LogP contribution < -0.4 is 5.32 Å². The lowest BCUT2D eigenvalue weighted by atomic mass is 10.2. The van der Waals surface area contributed by atoms with E-state index in [1.807, 2.05) is 0 Å². The van der Waals surface area contributed by atoms with Gasteiger partial charge in [-0.15, -0.1) is 0 Å². The number of nitrogens with zero attached hydrogens (tertiary/aromatic N) is 1. The monoisotopic (exact) mass is 192 g/mol. The second-order valence-corrected chi connectivity index (χ2v) is 2.76. The van der Waals surface area contributed by atoms with E-state index < -0.39 is 5.97 Å². The smallest absolute Gasteiger partial charge is 0.335 e. The Bertz CT molecular complexity index is 490. The van der Waals surface area contributed by atoms with Gasteiger partial charge in [-0.05, 0) is 18.2 Å². The van der Waals surface area contributed by atoms with Crippen LogP contribution in [0.1, 0.15) is 10.4 Å². The molecule has 1 heterocycles. The highest BCUT2D eigenvalue weighted by atomic mass is 16.4. The molecular formula is C9H8N2O3. The summed E-state index contributed by atoms with van der Waals surface area (Å²) in [6, 6.07) is 4.92. The summed E-state index contributed by atoms with van der Waals surface area (Å²) in [5.41, 5.74) is 1.31. The first-order valence-corrected chi connectivity index (χ1v) is 4.02. The molecule has 0 radical (unpaired) electrons. The number of nitrogens with one attached hydrogen (secondary N) is 1. The molecule has 14 heavy (non-hydrogen) atoms. The van der Waals surface area contributed by atoms with Crippen LogP contribution in [0.2, 0.25) is 0 Å². The summed E-state index contributed by atoms with van der Waals surface area (Å²) < 4.78 is 5.24. The number of oxazole rings is 1. The van der Waals surface area contributed by atoms with Crippen LogP contribution in [0.5, 0.6) is 0 Å². The van der Waals surface area contributed by atoms with Crippen molar-refractivity contribution in [2.45, 2.75) is 0 Å². The van der Waals surface area contributed by atoms with Gasteiger partial charge in [-0.25, -0.2) is 4.79 Å². The molecule has 1 aromatic carbocycles. The molecule has 0 aliphatic rings. The van der Waals surface area contributed by atoms with Gasteiger partial charge in [-0.3, -0.25) is 0 Å². The Morgan fingerprint density at radius 3 is 3.00 bits per heavy atom. The largest absolute Gasteiger partial charge is 0.478 e. The minimum absolute atomic E-state index is 0.202. The van der Waals surface area contributed by atoms with Crippen LogP contribution in [0, 0.1) is 0 Å². The fraction of sp³-hybridized carbons (Fsp3) is 0.111. The van der Waals surface area contributed by atoms with Crippen molar-refractivity contribution < 1.29 is 14.3 Å². The van der Waals surface area contributed by atoms with Crippen LogP contribution in [-0.2, 0) is 0 Å². The maximum Gasteiger partial charge on any atom is 0.335 e. The fourth-order valence-corrected chi connectivity index (χ4v) is 1.17. The van der Waals surface area contributed by atoms with E-state index in [0.717, 1.165) is 0 Å². The van der Waals surface area contributed by atoms with Crippen LogP contribution in [-0.4, -0.2) is 23.1 Å². The highest BCUT2D eigenvalue weighted by Crippen LogP contribution is 2.19. The molecule has 2 aromatic rings. The van der Waals surface area contributed by atoms with Crippen LogP contribution in [0.4, 0.5) is 6.01 Å². The summed E-state index contributed by atoms with van der Waals surface area (Å²) >= 11 is 0. The van der Waals surface area contributed by atoms with Gasteiger partial charge in [0.2, 0.25) is 0 Å². The number of hydrogen-bond donors (Lipinski definition) is 2. The predicted octanol–water partition coefficient (Wildman–Crippen LogP) is 1.57. The fourth-order valence-electron chi connectivity index (χ4n) is 1.17. The van der Waals surface area contributed by atoms with Gasteiger partial charge in [0.15, 0.2) is 5.58 Å². The summed E-state index contributed by atoms with van der Waals surface area (Å²) in [4.78, 5) is 14.7. The van der Waals surface area contributed by atoms with Gasteiger partial charge in [-0.2, -0.15) is 4.98 Å². The van der Waals surface area contributed by atoms with E-state index in [2.05, 4.69) is 10.3 Å². The molecule has 0 spiro atoms. The van der Waals surface area contributed by atoms with Crippen molar-refractivity contribution in [1.82, 2.24) is 4.98 Å². The SMILES string of the molecule is CNc1nc2cc(C(=O)O)ccc2o1. The van der Waals surface area contributed by atoms with Crippen molar-refractivity contribution in [1.29, 1.82) is 0 Å². The van der Waals surface area contributed by atoms with Gasteiger partial charge in [0.1, 0.15) is 5.52 Å². The highest BCUT2D eigenvalue weighted by molar-refractivity contribution is 5.92. The number of fused-ring (bicyclic) bond motifs is 1. The normalized spacial score (nSPS) is 10.4. The summed E-state index contributed by atoms with van der Waals surface area (Å²) in [6.45, 7) is 0. The van der Waals surface area contributed by atoms with E-state index >= 15 is 0 Å². The lowest BCUT2D eigenvalue weighted by molar-refractivity contribution is 0.0697. The van der Waals surface area contributed by atoms with Crippen molar-refractivity contribution in [2.75, 3.05) is 12.4 Å². The topological polar surface area (TPSA) is 75.4 Å². The maximum atomic E-state index is 10.6. The predicted molar refractivity (Wildman–Crippen MR) is 50.5 cm³/mol.